The second kappa shape index (κ2) is 8.11. The van der Waals surface area contributed by atoms with Gasteiger partial charge in [0, 0.05) is 38.8 Å². The molecule has 21 heavy (non-hydrogen) atoms. The monoisotopic (exact) mass is 297 g/mol. The highest BCUT2D eigenvalue weighted by molar-refractivity contribution is 5.81. The topological polar surface area (TPSA) is 55.8 Å². The van der Waals surface area contributed by atoms with Crippen molar-refractivity contribution in [3.63, 3.8) is 0 Å². The maximum absolute atomic E-state index is 12.4. The number of hydrogen-bond donors (Lipinski definition) is 2. The van der Waals surface area contributed by atoms with Crippen LogP contribution in [0.15, 0.2) is 0 Å². The third kappa shape index (κ3) is 4.94. The number of carbonyl (C=O) groups is 1. The molecule has 1 heterocycles. The second-order valence-electron chi connectivity index (χ2n) is 6.74. The minimum atomic E-state index is -0.0411. The maximum Gasteiger partial charge on any atom is 0.237 e. The van der Waals surface area contributed by atoms with Crippen LogP contribution in [0.2, 0.25) is 0 Å². The van der Waals surface area contributed by atoms with Gasteiger partial charge in [0.15, 0.2) is 0 Å². The largest absolute Gasteiger partial charge is 0.395 e. The van der Waals surface area contributed by atoms with Crippen LogP contribution in [0.1, 0.15) is 39.5 Å². The molecule has 1 aliphatic heterocycles. The van der Waals surface area contributed by atoms with Gasteiger partial charge >= 0.3 is 0 Å². The van der Waals surface area contributed by atoms with Gasteiger partial charge in [0.1, 0.15) is 0 Å². The number of amides is 1. The molecule has 5 heteroatoms. The number of nitrogens with zero attached hydrogens (tertiary/aromatic N) is 2. The van der Waals surface area contributed by atoms with E-state index < -0.39 is 0 Å². The number of rotatable bonds is 5. The van der Waals surface area contributed by atoms with Gasteiger partial charge in [0.05, 0.1) is 12.6 Å². The van der Waals surface area contributed by atoms with Gasteiger partial charge < -0.3 is 10.4 Å². The molecule has 0 spiro atoms. The number of nitrogens with one attached hydrogen (secondary N) is 1. The van der Waals surface area contributed by atoms with Crippen molar-refractivity contribution < 1.29 is 9.90 Å². The second-order valence-corrected chi connectivity index (χ2v) is 6.74. The van der Waals surface area contributed by atoms with Gasteiger partial charge in [-0.15, -0.1) is 0 Å². The normalized spacial score (nSPS) is 30.0. The predicted molar refractivity (Wildman–Crippen MR) is 84.1 cm³/mol. The lowest BCUT2D eigenvalue weighted by Crippen LogP contribution is -2.55. The van der Waals surface area contributed by atoms with E-state index in [4.69, 9.17) is 5.11 Å². The van der Waals surface area contributed by atoms with Crippen molar-refractivity contribution in [3.05, 3.63) is 0 Å². The Morgan fingerprint density at radius 2 is 1.81 bits per heavy atom. The van der Waals surface area contributed by atoms with E-state index in [-0.39, 0.29) is 18.6 Å². The summed E-state index contributed by atoms with van der Waals surface area (Å²) in [7, 11) is 0. The summed E-state index contributed by atoms with van der Waals surface area (Å²) in [4.78, 5) is 16.9. The van der Waals surface area contributed by atoms with E-state index in [0.29, 0.717) is 6.04 Å². The Bertz CT molecular complexity index is 321. The average molecular weight is 297 g/mol. The number of piperazine rings is 1. The lowest BCUT2D eigenvalue weighted by atomic mass is 9.87. The Labute approximate surface area is 128 Å². The lowest BCUT2D eigenvalue weighted by molar-refractivity contribution is -0.127. The smallest absolute Gasteiger partial charge is 0.237 e. The SMILES string of the molecule is CC1CCC(NC(=O)[C@H](C)N2CCN(CCO)CC2)CC1. The highest BCUT2D eigenvalue weighted by atomic mass is 16.3. The van der Waals surface area contributed by atoms with Crippen LogP contribution in [0.5, 0.6) is 0 Å². The van der Waals surface area contributed by atoms with E-state index in [1.165, 1.54) is 12.8 Å². The Morgan fingerprint density at radius 1 is 1.19 bits per heavy atom. The molecule has 0 radical (unpaired) electrons. The van der Waals surface area contributed by atoms with Crippen molar-refractivity contribution in [1.82, 2.24) is 15.1 Å². The standard InChI is InChI=1S/C16H31N3O2/c1-13-3-5-15(6-4-13)17-16(21)14(2)19-9-7-18(8-10-19)11-12-20/h13-15,20H,3-12H2,1-2H3,(H,17,21)/t13?,14-,15?/m0/s1. The van der Waals surface area contributed by atoms with Crippen LogP contribution < -0.4 is 5.32 Å². The molecule has 1 saturated carbocycles. The van der Waals surface area contributed by atoms with E-state index in [1.807, 2.05) is 6.92 Å². The zero-order chi connectivity index (χ0) is 15.2. The van der Waals surface area contributed by atoms with Crippen molar-refractivity contribution in [2.75, 3.05) is 39.3 Å². The Balaban J connectivity index is 1.72. The van der Waals surface area contributed by atoms with Crippen LogP contribution in [-0.4, -0.2) is 72.2 Å². The molecule has 122 valence electrons. The number of aliphatic hydroxyl groups excluding tert-OH is 1. The van der Waals surface area contributed by atoms with E-state index in [0.717, 1.165) is 51.5 Å². The third-order valence-corrected chi connectivity index (χ3v) is 5.11. The van der Waals surface area contributed by atoms with Crippen LogP contribution >= 0.6 is 0 Å². The molecular formula is C16H31N3O2. The highest BCUT2D eigenvalue weighted by Crippen LogP contribution is 2.23. The van der Waals surface area contributed by atoms with Crippen LogP contribution in [0, 0.1) is 5.92 Å². The molecule has 2 fully saturated rings. The third-order valence-electron chi connectivity index (χ3n) is 5.11. The molecule has 2 N–H and O–H groups in total. The molecule has 2 rings (SSSR count). The van der Waals surface area contributed by atoms with Gasteiger partial charge in [0.25, 0.3) is 0 Å². The first-order valence-electron chi connectivity index (χ1n) is 8.47. The van der Waals surface area contributed by atoms with E-state index >= 15 is 0 Å². The summed E-state index contributed by atoms with van der Waals surface area (Å²) < 4.78 is 0. The van der Waals surface area contributed by atoms with Crippen molar-refractivity contribution in [2.24, 2.45) is 5.92 Å². The number of hydrogen-bond acceptors (Lipinski definition) is 4. The first kappa shape index (κ1) is 16.7. The first-order chi connectivity index (χ1) is 10.1. The summed E-state index contributed by atoms with van der Waals surface area (Å²) in [6.07, 6.45) is 4.73. The van der Waals surface area contributed by atoms with Gasteiger partial charge in [-0.25, -0.2) is 0 Å². The molecular weight excluding hydrogens is 266 g/mol. The Kier molecular flexibility index (Phi) is 6.45. The fourth-order valence-electron chi connectivity index (χ4n) is 3.41. The summed E-state index contributed by atoms with van der Waals surface area (Å²) in [5, 5.41) is 12.2. The summed E-state index contributed by atoms with van der Waals surface area (Å²) in [5.74, 6) is 1.00. The van der Waals surface area contributed by atoms with Crippen molar-refractivity contribution in [1.29, 1.82) is 0 Å². The molecule has 0 aromatic heterocycles. The lowest BCUT2D eigenvalue weighted by Gasteiger charge is -2.38. The Hall–Kier alpha value is -0.650. The van der Waals surface area contributed by atoms with Crippen LogP contribution in [0.3, 0.4) is 0 Å². The van der Waals surface area contributed by atoms with Crippen molar-refractivity contribution in [2.45, 2.75) is 51.6 Å². The first-order valence-corrected chi connectivity index (χ1v) is 8.47. The zero-order valence-corrected chi connectivity index (χ0v) is 13.6. The minimum Gasteiger partial charge on any atom is -0.395 e. The summed E-state index contributed by atoms with van der Waals surface area (Å²) in [6, 6.07) is 0.340. The van der Waals surface area contributed by atoms with Gasteiger partial charge in [-0.1, -0.05) is 6.92 Å². The molecule has 5 nitrogen and oxygen atoms in total. The fourth-order valence-corrected chi connectivity index (χ4v) is 3.41. The number of β-amino-alcohol motifs (C(OH)–C–C–N with tert-alkyl or cyclic N) is 1. The number of carbonyl (C=O) groups excluding carboxylic acids is 1. The van der Waals surface area contributed by atoms with Crippen LogP contribution in [0.25, 0.3) is 0 Å². The molecule has 1 atom stereocenters. The molecule has 2 aliphatic rings. The highest BCUT2D eigenvalue weighted by Gasteiger charge is 2.27. The molecule has 0 unspecified atom stereocenters. The van der Waals surface area contributed by atoms with Crippen LogP contribution in [0.4, 0.5) is 0 Å². The van der Waals surface area contributed by atoms with Gasteiger partial charge in [0.2, 0.25) is 5.91 Å². The Morgan fingerprint density at radius 3 is 2.38 bits per heavy atom. The van der Waals surface area contributed by atoms with E-state index in [9.17, 15) is 4.79 Å². The molecule has 1 aliphatic carbocycles. The molecule has 1 saturated heterocycles. The van der Waals surface area contributed by atoms with Crippen molar-refractivity contribution in [3.8, 4) is 0 Å². The van der Waals surface area contributed by atoms with Gasteiger partial charge in [-0.3, -0.25) is 14.6 Å². The molecule has 0 bridgehead atoms. The quantitative estimate of drug-likeness (QED) is 0.783. The van der Waals surface area contributed by atoms with Gasteiger partial charge in [-0.05, 0) is 38.5 Å². The average Bonchev–Trinajstić information content (AvgIpc) is 2.50. The van der Waals surface area contributed by atoms with E-state index in [1.54, 1.807) is 0 Å². The van der Waals surface area contributed by atoms with Gasteiger partial charge in [-0.2, -0.15) is 0 Å². The molecule has 1 amide bonds. The fraction of sp³-hybridized carbons (Fsp3) is 0.938. The summed E-state index contributed by atoms with van der Waals surface area (Å²) in [5.41, 5.74) is 0. The van der Waals surface area contributed by atoms with Crippen molar-refractivity contribution >= 4 is 5.91 Å². The summed E-state index contributed by atoms with van der Waals surface area (Å²) in [6.45, 7) is 8.99. The zero-order valence-electron chi connectivity index (χ0n) is 13.6. The maximum atomic E-state index is 12.4. The predicted octanol–water partition coefficient (Wildman–Crippen LogP) is 0.680. The molecule has 0 aromatic rings. The number of aliphatic hydroxyl groups is 1. The molecule has 0 aromatic carbocycles. The van der Waals surface area contributed by atoms with E-state index in [2.05, 4.69) is 22.0 Å². The van der Waals surface area contributed by atoms with Crippen LogP contribution in [-0.2, 0) is 4.79 Å². The minimum absolute atomic E-state index is 0.0411. The summed E-state index contributed by atoms with van der Waals surface area (Å²) >= 11 is 0.